The van der Waals surface area contributed by atoms with Crippen LogP contribution in [0.25, 0.3) is 0 Å². The van der Waals surface area contributed by atoms with Gasteiger partial charge in [0.1, 0.15) is 30.7 Å². The molecule has 1 aromatic rings. The molecule has 8 N–H and O–H groups in total. The van der Waals surface area contributed by atoms with E-state index < -0.39 is 95.9 Å². The fourth-order valence-electron chi connectivity index (χ4n) is 7.17. The van der Waals surface area contributed by atoms with Gasteiger partial charge in [-0.3, -0.25) is 23.2 Å². The van der Waals surface area contributed by atoms with Crippen LogP contribution in [-0.2, 0) is 46.3 Å². The van der Waals surface area contributed by atoms with Crippen molar-refractivity contribution in [3.05, 3.63) is 71.4 Å². The van der Waals surface area contributed by atoms with Gasteiger partial charge in [0.2, 0.25) is 0 Å². The van der Waals surface area contributed by atoms with Gasteiger partial charge in [0.05, 0.1) is 25.4 Å². The lowest BCUT2D eigenvalue weighted by atomic mass is 10.0. The van der Waals surface area contributed by atoms with Crippen LogP contribution in [0.4, 0.5) is 5.82 Å². The second kappa shape index (κ2) is 36.5. The van der Waals surface area contributed by atoms with E-state index in [4.69, 9.17) is 29.0 Å². The number of carbonyl (C=O) groups excluding carboxylic acids is 2. The fraction of sp³-hybridized carbons (Fsp3) is 0.708. The molecule has 1 aliphatic rings. The Labute approximate surface area is 413 Å². The third-order valence-electron chi connectivity index (χ3n) is 11.1. The topological polar surface area (TPSA) is 306 Å². The number of rotatable bonds is 40. The molecule has 22 heteroatoms. The average molecular weight is 1030 g/mol. The number of allylic oxidation sites excluding steroid dienone is 6. The molecule has 2 unspecified atom stereocenters. The summed E-state index contributed by atoms with van der Waals surface area (Å²) in [6.07, 6.45) is 25.4. The molecule has 2 heterocycles. The average Bonchev–Trinajstić information content (AvgIpc) is 3.58. The summed E-state index contributed by atoms with van der Waals surface area (Å²) in [6.45, 7) is 1.83. The molecular weight excluding hydrogens is 952 g/mol. The van der Waals surface area contributed by atoms with Crippen molar-refractivity contribution in [2.45, 2.75) is 198 Å². The van der Waals surface area contributed by atoms with Crippen molar-refractivity contribution >= 4 is 33.4 Å². The van der Waals surface area contributed by atoms with Crippen LogP contribution in [0.3, 0.4) is 0 Å². The highest BCUT2D eigenvalue weighted by Gasteiger charge is 2.46. The number of anilines is 1. The Morgan fingerprint density at radius 2 is 1.27 bits per heavy atom. The van der Waals surface area contributed by atoms with Crippen molar-refractivity contribution < 1.29 is 76.5 Å². The van der Waals surface area contributed by atoms with Gasteiger partial charge in [0.15, 0.2) is 12.3 Å². The standard InChI is InChI=1S/C48H81N3O17P2/c1-3-5-7-8-9-10-11-12-13-14-18-21-25-31-43(54)63-35-40(66-44(55)32-26-30-39(53)29-24-20-17-15-16-19-23-28-38(52)27-22-6-4-2)36-64-69(59,60)68-70(61,62)65-37-41-45(56)46(57)47(67-41)51-34-33-42(49)50-48(51)58/h16-17,19-20,23-24,28-29,33-34,38-41,45-47,52-53,56-57H,3-15,18,21-22,25-27,30-32,35-37H2,1-2H3,(H,59,60)(H,61,62)(H2,49,50,58)/b19-16-,20-17-,28-23+,29-24+/t38-,39-,40-,41-,45-,46-,47-/m1/s1. The first-order valence-corrected chi connectivity index (χ1v) is 27.9. The summed E-state index contributed by atoms with van der Waals surface area (Å²) in [5, 5.41) is 41.2. The number of aromatic nitrogens is 2. The highest BCUT2D eigenvalue weighted by molar-refractivity contribution is 7.61. The molecule has 0 saturated carbocycles. The monoisotopic (exact) mass is 1030 g/mol. The Hall–Kier alpha value is -3.36. The van der Waals surface area contributed by atoms with E-state index in [1.807, 2.05) is 24.3 Å². The molecule has 0 bridgehead atoms. The number of nitrogens with two attached hydrogens (primary N) is 1. The molecule has 0 amide bonds. The number of nitrogen functional groups attached to an aromatic ring is 1. The Morgan fingerprint density at radius 1 is 0.743 bits per heavy atom. The van der Waals surface area contributed by atoms with Gasteiger partial charge in [0.25, 0.3) is 0 Å². The summed E-state index contributed by atoms with van der Waals surface area (Å²) < 4.78 is 56.5. The first-order valence-electron chi connectivity index (χ1n) is 24.9. The van der Waals surface area contributed by atoms with E-state index in [1.54, 1.807) is 24.3 Å². The molecule has 70 heavy (non-hydrogen) atoms. The largest absolute Gasteiger partial charge is 0.481 e. The highest BCUT2D eigenvalue weighted by atomic mass is 31.3. The van der Waals surface area contributed by atoms with Crippen LogP contribution in [0.2, 0.25) is 0 Å². The zero-order valence-corrected chi connectivity index (χ0v) is 42.8. The number of hydrogen-bond donors (Lipinski definition) is 7. The van der Waals surface area contributed by atoms with E-state index >= 15 is 0 Å². The van der Waals surface area contributed by atoms with Gasteiger partial charge >= 0.3 is 33.3 Å². The third kappa shape index (κ3) is 29.2. The second-order valence-corrected chi connectivity index (χ2v) is 20.4. The maximum atomic E-state index is 12.9. The first-order chi connectivity index (χ1) is 33.5. The second-order valence-electron chi connectivity index (χ2n) is 17.4. The quantitative estimate of drug-likeness (QED) is 0.0143. The lowest BCUT2D eigenvalue weighted by Gasteiger charge is -2.21. The number of ether oxygens (including phenoxy) is 3. The van der Waals surface area contributed by atoms with Gasteiger partial charge in [0, 0.05) is 19.0 Å². The van der Waals surface area contributed by atoms with Crippen molar-refractivity contribution in [3.63, 3.8) is 0 Å². The number of phosphoric acid groups is 2. The Kier molecular flexibility index (Phi) is 32.8. The van der Waals surface area contributed by atoms with E-state index in [-0.39, 0.29) is 31.5 Å². The number of nitrogens with zero attached hydrogens (tertiary/aromatic N) is 2. The van der Waals surface area contributed by atoms with Crippen molar-refractivity contribution in [1.82, 2.24) is 9.55 Å². The Bertz CT molecular complexity index is 1900. The molecule has 0 aromatic carbocycles. The van der Waals surface area contributed by atoms with E-state index in [0.717, 1.165) is 62.1 Å². The predicted octanol–water partition coefficient (Wildman–Crippen LogP) is 7.72. The summed E-state index contributed by atoms with van der Waals surface area (Å²) >= 11 is 0. The molecule has 1 fully saturated rings. The molecule has 0 aliphatic carbocycles. The zero-order chi connectivity index (χ0) is 51.6. The fourth-order valence-corrected chi connectivity index (χ4v) is 9.28. The van der Waals surface area contributed by atoms with Crippen LogP contribution in [0.5, 0.6) is 0 Å². The number of hydrogen-bond acceptors (Lipinski definition) is 17. The molecule has 1 aliphatic heterocycles. The normalized spacial score (nSPS) is 20.6. The van der Waals surface area contributed by atoms with Crippen molar-refractivity contribution in [3.8, 4) is 0 Å². The van der Waals surface area contributed by atoms with Crippen LogP contribution in [0.15, 0.2) is 65.7 Å². The molecule has 2 rings (SSSR count). The maximum absolute atomic E-state index is 12.9. The maximum Gasteiger partial charge on any atom is 0.481 e. The number of aliphatic hydroxyl groups is 4. The van der Waals surface area contributed by atoms with Gasteiger partial charge < -0.3 is 50.2 Å². The van der Waals surface area contributed by atoms with Crippen LogP contribution in [0, 0.1) is 0 Å². The number of esters is 2. The molecule has 1 saturated heterocycles. The van der Waals surface area contributed by atoms with E-state index in [0.29, 0.717) is 12.8 Å². The van der Waals surface area contributed by atoms with Crippen LogP contribution in [-0.4, -0.2) is 108 Å². The van der Waals surface area contributed by atoms with Crippen molar-refractivity contribution in [2.24, 2.45) is 0 Å². The van der Waals surface area contributed by atoms with E-state index in [1.165, 1.54) is 57.4 Å². The van der Waals surface area contributed by atoms with Gasteiger partial charge in [-0.15, -0.1) is 0 Å². The number of aliphatic hydroxyl groups excluding tert-OH is 4. The summed E-state index contributed by atoms with van der Waals surface area (Å²) in [5.74, 6) is -1.54. The van der Waals surface area contributed by atoms with Gasteiger partial charge in [-0.05, 0) is 38.2 Å². The molecule has 1 aromatic heterocycles. The minimum atomic E-state index is -5.48. The summed E-state index contributed by atoms with van der Waals surface area (Å²) in [5.41, 5.74) is 4.56. The van der Waals surface area contributed by atoms with Gasteiger partial charge in [-0.25, -0.2) is 13.9 Å². The SMILES string of the molecule is CCCCCCCCCCCCCCCC(=O)OC[C@H](COP(=O)(O)OP(=O)(O)OC[C@H]1O[C@@H](n2ccc(N)nc2=O)[C@H](O)[C@@H]1O)OC(=O)CCC[C@H](O)/C=C/C=C\C/C=C\C=C\[C@H](O)CCCCC. The molecule has 0 spiro atoms. The minimum Gasteiger partial charge on any atom is -0.462 e. The lowest BCUT2D eigenvalue weighted by molar-refractivity contribution is -0.161. The third-order valence-corrected chi connectivity index (χ3v) is 13.7. The van der Waals surface area contributed by atoms with Crippen LogP contribution in [0.1, 0.15) is 161 Å². The van der Waals surface area contributed by atoms with E-state index in [2.05, 4.69) is 23.1 Å². The minimum absolute atomic E-state index is 0.0790. The van der Waals surface area contributed by atoms with Crippen molar-refractivity contribution in [2.75, 3.05) is 25.6 Å². The Morgan fingerprint density at radius 3 is 1.86 bits per heavy atom. The number of carbonyl (C=O) groups is 2. The Balaban J connectivity index is 1.88. The molecular formula is C48H81N3O17P2. The van der Waals surface area contributed by atoms with Crippen LogP contribution < -0.4 is 11.4 Å². The number of unbranched alkanes of at least 4 members (excludes halogenated alkanes) is 14. The summed E-state index contributed by atoms with van der Waals surface area (Å²) in [6, 6.07) is 1.23. The molecule has 20 nitrogen and oxygen atoms in total. The molecule has 9 atom stereocenters. The summed E-state index contributed by atoms with van der Waals surface area (Å²) in [4.78, 5) is 61.8. The predicted molar refractivity (Wildman–Crippen MR) is 264 cm³/mol. The molecule has 400 valence electrons. The lowest BCUT2D eigenvalue weighted by Crippen LogP contribution is -2.36. The molecule has 0 radical (unpaired) electrons. The van der Waals surface area contributed by atoms with Gasteiger partial charge in [-0.2, -0.15) is 9.29 Å². The zero-order valence-electron chi connectivity index (χ0n) is 41.0. The smallest absolute Gasteiger partial charge is 0.462 e. The number of phosphoric ester groups is 2. The first kappa shape index (κ1) is 62.8. The highest BCUT2D eigenvalue weighted by Crippen LogP contribution is 2.60. The summed E-state index contributed by atoms with van der Waals surface area (Å²) in [7, 11) is -10.9. The van der Waals surface area contributed by atoms with E-state index in [9.17, 15) is 53.7 Å². The van der Waals surface area contributed by atoms with Gasteiger partial charge in [-0.1, -0.05) is 159 Å². The van der Waals surface area contributed by atoms with Crippen LogP contribution >= 0.6 is 15.6 Å². The van der Waals surface area contributed by atoms with Crippen molar-refractivity contribution in [1.29, 1.82) is 0 Å².